The topological polar surface area (TPSA) is 72.7 Å². The molecule has 0 bridgehead atoms. The van der Waals surface area contributed by atoms with Crippen molar-refractivity contribution in [1.29, 1.82) is 0 Å². The molecular formula is C9H7ClIN5O. The van der Waals surface area contributed by atoms with E-state index in [0.717, 1.165) is 3.57 Å². The first-order valence-electron chi connectivity index (χ1n) is 4.61. The molecule has 1 aromatic carbocycles. The number of hydrogen-bond donors (Lipinski definition) is 1. The molecule has 2 rings (SSSR count). The molecule has 6 nitrogen and oxygen atoms in total. The molecule has 17 heavy (non-hydrogen) atoms. The van der Waals surface area contributed by atoms with E-state index in [1.807, 2.05) is 0 Å². The Morgan fingerprint density at radius 2 is 2.35 bits per heavy atom. The zero-order valence-corrected chi connectivity index (χ0v) is 11.4. The fourth-order valence-electron chi connectivity index (χ4n) is 1.18. The monoisotopic (exact) mass is 363 g/mol. The summed E-state index contributed by atoms with van der Waals surface area (Å²) in [6.07, 6.45) is 1.38. The maximum absolute atomic E-state index is 11.7. The molecule has 1 heterocycles. The van der Waals surface area contributed by atoms with Gasteiger partial charge in [-0.15, -0.1) is 5.10 Å². The van der Waals surface area contributed by atoms with Gasteiger partial charge < -0.3 is 5.32 Å². The second kappa shape index (κ2) is 5.41. The summed E-state index contributed by atoms with van der Waals surface area (Å²) in [4.78, 5) is 11.7. The number of tetrazole rings is 1. The summed E-state index contributed by atoms with van der Waals surface area (Å²) in [6.45, 7) is 0.0751. The Balaban J connectivity index is 2.03. The van der Waals surface area contributed by atoms with Gasteiger partial charge in [0.25, 0.3) is 0 Å². The Morgan fingerprint density at radius 1 is 1.53 bits per heavy atom. The first-order valence-corrected chi connectivity index (χ1v) is 6.06. The van der Waals surface area contributed by atoms with E-state index >= 15 is 0 Å². The zero-order chi connectivity index (χ0) is 12.3. The van der Waals surface area contributed by atoms with Crippen molar-refractivity contribution >= 4 is 45.8 Å². The summed E-state index contributed by atoms with van der Waals surface area (Å²) in [5.41, 5.74) is 0.716. The van der Waals surface area contributed by atoms with E-state index in [-0.39, 0.29) is 12.5 Å². The Labute approximate surface area is 115 Å². The van der Waals surface area contributed by atoms with E-state index in [9.17, 15) is 4.79 Å². The molecule has 0 radical (unpaired) electrons. The van der Waals surface area contributed by atoms with Gasteiger partial charge in [-0.2, -0.15) is 0 Å². The van der Waals surface area contributed by atoms with Crippen LogP contribution in [-0.2, 0) is 11.3 Å². The van der Waals surface area contributed by atoms with E-state index < -0.39 is 0 Å². The molecule has 0 fully saturated rings. The maximum atomic E-state index is 11.7. The number of nitrogens with zero attached hydrogens (tertiary/aromatic N) is 4. The quantitative estimate of drug-likeness (QED) is 0.840. The van der Waals surface area contributed by atoms with Gasteiger partial charge in [-0.1, -0.05) is 11.6 Å². The lowest BCUT2D eigenvalue weighted by atomic mass is 10.3. The molecule has 2 aromatic rings. The fourth-order valence-corrected chi connectivity index (χ4v) is 2.19. The third-order valence-corrected chi connectivity index (χ3v) is 3.03. The van der Waals surface area contributed by atoms with Crippen molar-refractivity contribution in [1.82, 2.24) is 20.2 Å². The summed E-state index contributed by atoms with van der Waals surface area (Å²) in [5.74, 6) is -0.197. The summed E-state index contributed by atoms with van der Waals surface area (Å²) in [6, 6.07) is 5.24. The molecule has 1 amide bonds. The lowest BCUT2D eigenvalue weighted by Gasteiger charge is -2.07. The van der Waals surface area contributed by atoms with Crippen LogP contribution in [0.5, 0.6) is 0 Å². The van der Waals surface area contributed by atoms with Crippen molar-refractivity contribution in [2.45, 2.75) is 6.54 Å². The first kappa shape index (κ1) is 12.2. The number of halogens is 2. The highest BCUT2D eigenvalue weighted by atomic mass is 127. The molecule has 8 heteroatoms. The minimum absolute atomic E-state index is 0.0751. The molecule has 0 aliphatic rings. The fraction of sp³-hybridized carbons (Fsp3) is 0.111. The summed E-state index contributed by atoms with van der Waals surface area (Å²) in [5, 5.41) is 13.9. The minimum Gasteiger partial charge on any atom is -0.324 e. The van der Waals surface area contributed by atoms with E-state index in [1.165, 1.54) is 11.0 Å². The highest BCUT2D eigenvalue weighted by molar-refractivity contribution is 14.1. The highest BCUT2D eigenvalue weighted by Crippen LogP contribution is 2.22. The van der Waals surface area contributed by atoms with Gasteiger partial charge in [0.1, 0.15) is 12.9 Å². The summed E-state index contributed by atoms with van der Waals surface area (Å²) in [7, 11) is 0. The Morgan fingerprint density at radius 3 is 3.00 bits per heavy atom. The first-order chi connectivity index (χ1) is 8.15. The van der Waals surface area contributed by atoms with Crippen LogP contribution in [0, 0.1) is 3.57 Å². The number of hydrogen-bond acceptors (Lipinski definition) is 4. The van der Waals surface area contributed by atoms with Gasteiger partial charge in [-0.05, 0) is 51.2 Å². The smallest absolute Gasteiger partial charge is 0.246 e. The van der Waals surface area contributed by atoms with Gasteiger partial charge in [-0.3, -0.25) is 4.79 Å². The second-order valence-corrected chi connectivity index (χ2v) is 4.78. The number of benzene rings is 1. The lowest BCUT2D eigenvalue weighted by Crippen LogP contribution is -2.19. The largest absolute Gasteiger partial charge is 0.324 e. The van der Waals surface area contributed by atoms with Gasteiger partial charge in [0, 0.05) is 8.59 Å². The van der Waals surface area contributed by atoms with Gasteiger partial charge >= 0.3 is 0 Å². The van der Waals surface area contributed by atoms with Crippen LogP contribution in [0.2, 0.25) is 5.02 Å². The third-order valence-electron chi connectivity index (χ3n) is 1.90. The van der Waals surface area contributed by atoms with E-state index in [2.05, 4.69) is 43.4 Å². The van der Waals surface area contributed by atoms with Crippen LogP contribution in [0.1, 0.15) is 0 Å². The van der Waals surface area contributed by atoms with Crippen molar-refractivity contribution in [3.05, 3.63) is 33.1 Å². The standard InChI is InChI=1S/C9H7ClIN5O/c10-6-1-2-8(7(11)3-6)13-9(17)4-16-5-12-14-15-16/h1-3,5H,4H2,(H,13,17). The van der Waals surface area contributed by atoms with Gasteiger partial charge in [0.15, 0.2) is 0 Å². The molecule has 0 aliphatic heterocycles. The van der Waals surface area contributed by atoms with Crippen LogP contribution in [0.25, 0.3) is 0 Å². The molecule has 0 unspecified atom stereocenters. The second-order valence-electron chi connectivity index (χ2n) is 3.18. The highest BCUT2D eigenvalue weighted by Gasteiger charge is 2.07. The van der Waals surface area contributed by atoms with Crippen molar-refractivity contribution in [3.8, 4) is 0 Å². The predicted molar refractivity (Wildman–Crippen MR) is 70.6 cm³/mol. The number of carbonyl (C=O) groups is 1. The number of nitrogens with one attached hydrogen (secondary N) is 1. The van der Waals surface area contributed by atoms with Crippen LogP contribution in [0.15, 0.2) is 24.5 Å². The third kappa shape index (κ3) is 3.37. The summed E-state index contributed by atoms with van der Waals surface area (Å²) >= 11 is 7.92. The minimum atomic E-state index is -0.197. The number of aromatic nitrogens is 4. The van der Waals surface area contributed by atoms with Gasteiger partial charge in [0.05, 0.1) is 5.69 Å². The number of rotatable bonds is 3. The molecule has 1 N–H and O–H groups in total. The molecule has 0 saturated carbocycles. The number of carbonyl (C=O) groups excluding carboxylic acids is 1. The molecule has 0 spiro atoms. The summed E-state index contributed by atoms with van der Waals surface area (Å²) < 4.78 is 2.22. The Kier molecular flexibility index (Phi) is 3.89. The molecule has 1 aromatic heterocycles. The molecular weight excluding hydrogens is 356 g/mol. The maximum Gasteiger partial charge on any atom is 0.246 e. The lowest BCUT2D eigenvalue weighted by molar-refractivity contribution is -0.116. The average molecular weight is 364 g/mol. The zero-order valence-electron chi connectivity index (χ0n) is 8.47. The van der Waals surface area contributed by atoms with Crippen molar-refractivity contribution in [2.75, 3.05) is 5.32 Å². The molecule has 0 atom stereocenters. The van der Waals surface area contributed by atoms with Crippen molar-refractivity contribution in [2.24, 2.45) is 0 Å². The number of anilines is 1. The molecule has 0 aliphatic carbocycles. The normalized spacial score (nSPS) is 10.2. The van der Waals surface area contributed by atoms with Gasteiger partial charge in [-0.25, -0.2) is 4.68 Å². The van der Waals surface area contributed by atoms with E-state index in [0.29, 0.717) is 10.7 Å². The predicted octanol–water partition coefficient (Wildman–Crippen LogP) is 1.57. The van der Waals surface area contributed by atoms with Crippen LogP contribution in [-0.4, -0.2) is 26.1 Å². The molecule has 88 valence electrons. The van der Waals surface area contributed by atoms with E-state index in [4.69, 9.17) is 11.6 Å². The Bertz CT molecular complexity index is 530. The SMILES string of the molecule is O=C(Cn1cnnn1)Nc1ccc(Cl)cc1I. The molecule has 0 saturated heterocycles. The van der Waals surface area contributed by atoms with Crippen LogP contribution in [0.3, 0.4) is 0 Å². The van der Waals surface area contributed by atoms with E-state index in [1.54, 1.807) is 18.2 Å². The van der Waals surface area contributed by atoms with Crippen LogP contribution < -0.4 is 5.32 Å². The van der Waals surface area contributed by atoms with Gasteiger partial charge in [0.2, 0.25) is 5.91 Å². The number of amides is 1. The van der Waals surface area contributed by atoms with Crippen molar-refractivity contribution in [3.63, 3.8) is 0 Å². The van der Waals surface area contributed by atoms with Crippen LogP contribution in [0.4, 0.5) is 5.69 Å². The Hall–Kier alpha value is -1.22. The average Bonchev–Trinajstić information content (AvgIpc) is 2.75. The van der Waals surface area contributed by atoms with Crippen LogP contribution >= 0.6 is 34.2 Å². The van der Waals surface area contributed by atoms with Crippen molar-refractivity contribution < 1.29 is 4.79 Å².